The molecule has 0 fully saturated rings. The quantitative estimate of drug-likeness (QED) is 0.798. The Morgan fingerprint density at radius 1 is 1.42 bits per heavy atom. The van der Waals surface area contributed by atoms with Crippen molar-refractivity contribution in [1.29, 1.82) is 0 Å². The van der Waals surface area contributed by atoms with Crippen LogP contribution in [0.4, 0.5) is 5.69 Å². The lowest BCUT2D eigenvalue weighted by Crippen LogP contribution is -2.27. The van der Waals surface area contributed by atoms with Crippen LogP contribution >= 0.6 is 0 Å². The number of nitrogens with zero attached hydrogens (tertiary/aromatic N) is 2. The maximum Gasteiger partial charge on any atom is 0.359 e. The van der Waals surface area contributed by atoms with E-state index in [4.69, 9.17) is 15.2 Å². The number of aryl methyl sites for hydroxylation is 2. The number of nitrogens with two attached hydrogens (primary N) is 1. The second-order valence-corrected chi connectivity index (χ2v) is 3.96. The Bertz CT molecular complexity index is 482. The van der Waals surface area contributed by atoms with E-state index in [0.29, 0.717) is 12.2 Å². The summed E-state index contributed by atoms with van der Waals surface area (Å²) in [7, 11) is 0. The molecule has 0 spiro atoms. The number of hydrogen-bond acceptors (Lipinski definition) is 6. The summed E-state index contributed by atoms with van der Waals surface area (Å²) in [5, 5.41) is 4.11. The van der Waals surface area contributed by atoms with Crippen molar-refractivity contribution in [2.75, 3.05) is 12.3 Å². The van der Waals surface area contributed by atoms with E-state index in [2.05, 4.69) is 5.10 Å². The molecule has 0 bridgehead atoms. The minimum Gasteiger partial charge on any atom is -0.463 e. The number of esters is 2. The van der Waals surface area contributed by atoms with Gasteiger partial charge in [-0.15, -0.1) is 0 Å². The first-order valence-corrected chi connectivity index (χ1v) is 6.12. The molecular formula is C12H19N3O4. The lowest BCUT2D eigenvalue weighted by Gasteiger charge is -2.12. The Morgan fingerprint density at radius 2 is 2.05 bits per heavy atom. The predicted molar refractivity (Wildman–Crippen MR) is 68.6 cm³/mol. The predicted octanol–water partition coefficient (Wildman–Crippen LogP) is 0.902. The highest BCUT2D eigenvalue weighted by molar-refractivity contribution is 5.95. The van der Waals surface area contributed by atoms with Crippen LogP contribution < -0.4 is 5.73 Å². The van der Waals surface area contributed by atoms with Gasteiger partial charge < -0.3 is 15.2 Å². The van der Waals surface area contributed by atoms with Gasteiger partial charge in [-0.2, -0.15) is 5.10 Å². The number of nitrogen functional groups attached to an aromatic ring is 1. The molecule has 0 amide bonds. The van der Waals surface area contributed by atoms with Crippen molar-refractivity contribution in [3.8, 4) is 0 Å². The van der Waals surface area contributed by atoms with E-state index in [9.17, 15) is 9.59 Å². The monoisotopic (exact) mass is 269 g/mol. The topological polar surface area (TPSA) is 96.4 Å². The third-order valence-corrected chi connectivity index (χ3v) is 2.57. The summed E-state index contributed by atoms with van der Waals surface area (Å²) >= 11 is 0. The van der Waals surface area contributed by atoms with Gasteiger partial charge in [-0.1, -0.05) is 0 Å². The molecule has 1 aromatic rings. The Kier molecular flexibility index (Phi) is 4.91. The largest absolute Gasteiger partial charge is 0.463 e. The van der Waals surface area contributed by atoms with Gasteiger partial charge in [0.1, 0.15) is 0 Å². The summed E-state index contributed by atoms with van der Waals surface area (Å²) in [6.45, 7) is 7.38. The molecular weight excluding hydrogens is 250 g/mol. The second kappa shape index (κ2) is 6.21. The molecule has 1 unspecified atom stereocenters. The van der Waals surface area contributed by atoms with Gasteiger partial charge >= 0.3 is 11.9 Å². The van der Waals surface area contributed by atoms with Gasteiger partial charge in [0.2, 0.25) is 0 Å². The van der Waals surface area contributed by atoms with Crippen molar-refractivity contribution in [2.24, 2.45) is 0 Å². The van der Waals surface area contributed by atoms with E-state index in [1.165, 1.54) is 11.6 Å². The third-order valence-electron chi connectivity index (χ3n) is 2.57. The van der Waals surface area contributed by atoms with Crippen LogP contribution in [0, 0.1) is 6.92 Å². The molecule has 1 rings (SSSR count). The van der Waals surface area contributed by atoms with E-state index < -0.39 is 18.0 Å². The summed E-state index contributed by atoms with van der Waals surface area (Å²) in [6.07, 6.45) is -0.979. The highest BCUT2D eigenvalue weighted by Crippen LogP contribution is 2.18. The van der Waals surface area contributed by atoms with Gasteiger partial charge in [0.25, 0.3) is 0 Å². The number of hydrogen-bond donors (Lipinski definition) is 1. The number of aromatic nitrogens is 2. The van der Waals surface area contributed by atoms with Crippen molar-refractivity contribution in [2.45, 2.75) is 40.3 Å². The highest BCUT2D eigenvalue weighted by atomic mass is 16.6. The summed E-state index contributed by atoms with van der Waals surface area (Å²) in [6, 6.07) is 0. The maximum absolute atomic E-state index is 12.0. The van der Waals surface area contributed by atoms with Gasteiger partial charge in [-0.3, -0.25) is 4.68 Å². The van der Waals surface area contributed by atoms with E-state index in [0.717, 1.165) is 0 Å². The Balaban J connectivity index is 2.87. The molecule has 1 heterocycles. The van der Waals surface area contributed by atoms with Crippen LogP contribution in [0.3, 0.4) is 0 Å². The lowest BCUT2D eigenvalue weighted by molar-refractivity contribution is -0.152. The molecule has 1 aromatic heterocycles. The van der Waals surface area contributed by atoms with Crippen LogP contribution in [-0.2, 0) is 20.8 Å². The molecule has 106 valence electrons. The molecule has 0 radical (unpaired) electrons. The van der Waals surface area contributed by atoms with Crippen molar-refractivity contribution in [3.63, 3.8) is 0 Å². The summed E-state index contributed by atoms with van der Waals surface area (Å²) in [5.41, 5.74) is 6.77. The first-order valence-electron chi connectivity index (χ1n) is 6.12. The van der Waals surface area contributed by atoms with E-state index >= 15 is 0 Å². The number of rotatable bonds is 5. The molecule has 7 heteroatoms. The molecule has 0 saturated heterocycles. The van der Waals surface area contributed by atoms with Gasteiger partial charge in [-0.05, 0) is 27.7 Å². The van der Waals surface area contributed by atoms with Crippen LogP contribution in [0.25, 0.3) is 0 Å². The molecule has 7 nitrogen and oxygen atoms in total. The normalized spacial score (nSPS) is 12.0. The summed E-state index contributed by atoms with van der Waals surface area (Å²) in [5.74, 6) is -1.27. The number of anilines is 1. The minimum atomic E-state index is -0.979. The molecule has 2 N–H and O–H groups in total. The number of carbonyl (C=O) groups is 2. The lowest BCUT2D eigenvalue weighted by atomic mass is 10.3. The van der Waals surface area contributed by atoms with Crippen molar-refractivity contribution < 1.29 is 19.1 Å². The fourth-order valence-electron chi connectivity index (χ4n) is 1.56. The van der Waals surface area contributed by atoms with Crippen LogP contribution in [0.2, 0.25) is 0 Å². The van der Waals surface area contributed by atoms with Crippen LogP contribution in [0.1, 0.15) is 37.0 Å². The molecule has 0 aliphatic carbocycles. The van der Waals surface area contributed by atoms with Gasteiger partial charge in [0, 0.05) is 6.54 Å². The van der Waals surface area contributed by atoms with Gasteiger partial charge in [0.05, 0.1) is 18.0 Å². The minimum absolute atomic E-state index is 0.163. The van der Waals surface area contributed by atoms with Crippen molar-refractivity contribution in [1.82, 2.24) is 9.78 Å². The van der Waals surface area contributed by atoms with Crippen LogP contribution in [-0.4, -0.2) is 34.4 Å². The first-order chi connectivity index (χ1) is 8.92. The average Bonchev–Trinajstić information content (AvgIpc) is 2.65. The standard InChI is InChI=1S/C12H19N3O4/c1-5-15-10(9(13)7(3)14-15)12(17)19-8(4)11(16)18-6-2/h8H,5-6,13H2,1-4H3. The zero-order chi connectivity index (χ0) is 14.6. The Morgan fingerprint density at radius 3 is 2.58 bits per heavy atom. The van der Waals surface area contributed by atoms with Crippen LogP contribution in [0.15, 0.2) is 0 Å². The molecule has 19 heavy (non-hydrogen) atoms. The SMILES string of the molecule is CCOC(=O)C(C)OC(=O)c1c(N)c(C)nn1CC. The van der Waals surface area contributed by atoms with Crippen LogP contribution in [0.5, 0.6) is 0 Å². The summed E-state index contributed by atoms with van der Waals surface area (Å²) < 4.78 is 11.2. The zero-order valence-corrected chi connectivity index (χ0v) is 11.6. The zero-order valence-electron chi connectivity index (χ0n) is 11.6. The summed E-state index contributed by atoms with van der Waals surface area (Å²) in [4.78, 5) is 23.4. The number of carbonyl (C=O) groups excluding carboxylic acids is 2. The highest BCUT2D eigenvalue weighted by Gasteiger charge is 2.25. The fourth-order valence-corrected chi connectivity index (χ4v) is 1.56. The Labute approximate surface area is 111 Å². The van der Waals surface area contributed by atoms with Gasteiger partial charge in [0.15, 0.2) is 11.8 Å². The Hall–Kier alpha value is -2.05. The maximum atomic E-state index is 12.0. The fraction of sp³-hybridized carbons (Fsp3) is 0.583. The van der Waals surface area contributed by atoms with E-state index in [1.54, 1.807) is 13.8 Å². The molecule has 0 aliphatic rings. The average molecular weight is 269 g/mol. The van der Waals surface area contributed by atoms with E-state index in [-0.39, 0.29) is 18.0 Å². The first kappa shape index (κ1) is 15.0. The second-order valence-electron chi connectivity index (χ2n) is 3.96. The van der Waals surface area contributed by atoms with Crippen molar-refractivity contribution in [3.05, 3.63) is 11.4 Å². The van der Waals surface area contributed by atoms with E-state index in [1.807, 2.05) is 6.92 Å². The van der Waals surface area contributed by atoms with Gasteiger partial charge in [-0.25, -0.2) is 9.59 Å². The molecule has 0 aliphatic heterocycles. The smallest absolute Gasteiger partial charge is 0.359 e. The molecule has 0 aromatic carbocycles. The third kappa shape index (κ3) is 3.24. The van der Waals surface area contributed by atoms with Crippen molar-refractivity contribution >= 4 is 17.6 Å². The number of ether oxygens (including phenoxy) is 2. The molecule has 1 atom stereocenters. The molecule has 0 saturated carbocycles.